The topological polar surface area (TPSA) is 139 Å². The van der Waals surface area contributed by atoms with E-state index in [-0.39, 0.29) is 35.9 Å². The van der Waals surface area contributed by atoms with E-state index in [0.29, 0.717) is 17.3 Å². The lowest BCUT2D eigenvalue weighted by Crippen LogP contribution is -2.57. The highest BCUT2D eigenvalue weighted by Crippen LogP contribution is 2.30. The van der Waals surface area contributed by atoms with E-state index in [2.05, 4.69) is 15.6 Å². The Labute approximate surface area is 210 Å². The van der Waals surface area contributed by atoms with Gasteiger partial charge in [0.25, 0.3) is 21.8 Å². The Morgan fingerprint density at radius 2 is 1.94 bits per heavy atom. The first-order valence-electron chi connectivity index (χ1n) is 12.4. The van der Waals surface area contributed by atoms with Crippen LogP contribution in [-0.2, 0) is 19.6 Å². The second kappa shape index (κ2) is 11.8. The van der Waals surface area contributed by atoms with Gasteiger partial charge in [-0.15, -0.1) is 0 Å². The molecule has 4 rings (SSSR count). The van der Waals surface area contributed by atoms with Crippen LogP contribution in [0.4, 0.5) is 0 Å². The first-order chi connectivity index (χ1) is 17.4. The van der Waals surface area contributed by atoms with Gasteiger partial charge in [0.05, 0.1) is 18.4 Å². The van der Waals surface area contributed by atoms with Gasteiger partial charge < -0.3 is 15.1 Å². The van der Waals surface area contributed by atoms with Gasteiger partial charge in [-0.3, -0.25) is 14.4 Å². The van der Waals surface area contributed by atoms with Crippen molar-refractivity contribution in [3.63, 3.8) is 0 Å². The summed E-state index contributed by atoms with van der Waals surface area (Å²) in [6, 6.07) is 3.55. The van der Waals surface area contributed by atoms with Crippen LogP contribution < -0.4 is 10.6 Å². The number of furan rings is 1. The third-order valence-corrected chi connectivity index (χ3v) is 8.57. The normalized spacial score (nSPS) is 20.3. The van der Waals surface area contributed by atoms with E-state index in [1.165, 1.54) is 36.9 Å². The van der Waals surface area contributed by atoms with Crippen LogP contribution in [0.25, 0.3) is 0 Å². The molecule has 2 aromatic rings. The number of hydrogen-bond donors (Lipinski definition) is 2. The number of aromatic nitrogens is 1. The van der Waals surface area contributed by atoms with Crippen LogP contribution >= 0.6 is 0 Å². The zero-order valence-electron chi connectivity index (χ0n) is 20.1. The van der Waals surface area contributed by atoms with Crippen LogP contribution in [0.5, 0.6) is 0 Å². The molecule has 0 aromatic carbocycles. The zero-order valence-corrected chi connectivity index (χ0v) is 20.9. The van der Waals surface area contributed by atoms with Crippen LogP contribution in [0, 0.1) is 5.92 Å². The third-order valence-electron chi connectivity index (χ3n) is 6.84. The molecule has 0 spiro atoms. The SMILES string of the molecule is O=C(NC(CC1CCCCC1)C(=O)N([C@H]1CCCNCC1=O)S(=O)(=O)c1ccccn1)c1ccoc1. The fraction of sp³-hybridized carbons (Fsp3) is 0.520. The van der Waals surface area contributed by atoms with Crippen molar-refractivity contribution in [2.24, 2.45) is 5.92 Å². The Bertz CT molecular complexity index is 1150. The summed E-state index contributed by atoms with van der Waals surface area (Å²) in [5.41, 5.74) is 0.227. The van der Waals surface area contributed by atoms with Crippen LogP contribution in [0.1, 0.15) is 61.7 Å². The highest BCUT2D eigenvalue weighted by molar-refractivity contribution is 7.89. The molecule has 194 valence electrons. The summed E-state index contributed by atoms with van der Waals surface area (Å²) in [6.45, 7) is 0.498. The van der Waals surface area contributed by atoms with E-state index < -0.39 is 39.7 Å². The lowest BCUT2D eigenvalue weighted by Gasteiger charge is -2.34. The van der Waals surface area contributed by atoms with Gasteiger partial charge in [0.15, 0.2) is 10.8 Å². The largest absolute Gasteiger partial charge is 0.472 e. The maximum absolute atomic E-state index is 14.1. The van der Waals surface area contributed by atoms with E-state index >= 15 is 0 Å². The van der Waals surface area contributed by atoms with E-state index in [1.807, 2.05) is 0 Å². The molecule has 0 bridgehead atoms. The number of sulfonamides is 1. The number of nitrogens with one attached hydrogen (secondary N) is 2. The number of amides is 2. The second-order valence-electron chi connectivity index (χ2n) is 9.39. The van der Waals surface area contributed by atoms with Crippen LogP contribution in [0.15, 0.2) is 52.4 Å². The van der Waals surface area contributed by atoms with Gasteiger partial charge in [-0.2, -0.15) is 8.42 Å². The third kappa shape index (κ3) is 6.01. The summed E-state index contributed by atoms with van der Waals surface area (Å²) in [7, 11) is -4.47. The molecule has 2 atom stereocenters. The molecule has 2 N–H and O–H groups in total. The summed E-state index contributed by atoms with van der Waals surface area (Å²) in [5.74, 6) is -1.59. The van der Waals surface area contributed by atoms with Crippen molar-refractivity contribution >= 4 is 27.6 Å². The lowest BCUT2D eigenvalue weighted by atomic mass is 9.84. The highest BCUT2D eigenvalue weighted by Gasteiger charge is 2.43. The quantitative estimate of drug-likeness (QED) is 0.545. The Kier molecular flexibility index (Phi) is 8.52. The molecule has 0 radical (unpaired) electrons. The lowest BCUT2D eigenvalue weighted by molar-refractivity contribution is -0.135. The summed E-state index contributed by atoms with van der Waals surface area (Å²) in [5, 5.41) is 5.40. The van der Waals surface area contributed by atoms with Crippen molar-refractivity contribution in [3.05, 3.63) is 48.6 Å². The molecule has 2 aromatic heterocycles. The number of Topliss-reactive ketones (excluding diaryl/α,β-unsaturated/α-hetero) is 1. The number of carbonyl (C=O) groups is 3. The van der Waals surface area contributed by atoms with Gasteiger partial charge >= 0.3 is 0 Å². The summed E-state index contributed by atoms with van der Waals surface area (Å²) in [6.07, 6.45) is 9.87. The molecule has 36 heavy (non-hydrogen) atoms. The molecule has 10 nitrogen and oxygen atoms in total. The summed E-state index contributed by atoms with van der Waals surface area (Å²) >= 11 is 0. The van der Waals surface area contributed by atoms with Crippen molar-refractivity contribution < 1.29 is 27.2 Å². The molecule has 2 amide bonds. The van der Waals surface area contributed by atoms with Gasteiger partial charge in [0, 0.05) is 6.20 Å². The fourth-order valence-electron chi connectivity index (χ4n) is 4.97. The minimum absolute atomic E-state index is 0.0408. The predicted octanol–water partition coefficient (Wildman–Crippen LogP) is 2.28. The second-order valence-corrected chi connectivity index (χ2v) is 11.1. The molecular weight excluding hydrogens is 484 g/mol. The smallest absolute Gasteiger partial charge is 0.284 e. The first kappa shape index (κ1) is 26.0. The van der Waals surface area contributed by atoms with Gasteiger partial charge in [-0.1, -0.05) is 38.2 Å². The maximum Gasteiger partial charge on any atom is 0.284 e. The van der Waals surface area contributed by atoms with Crippen molar-refractivity contribution in [3.8, 4) is 0 Å². The van der Waals surface area contributed by atoms with E-state index in [0.717, 1.165) is 32.1 Å². The van der Waals surface area contributed by atoms with Gasteiger partial charge in [0.1, 0.15) is 18.3 Å². The Morgan fingerprint density at radius 1 is 1.14 bits per heavy atom. The van der Waals surface area contributed by atoms with Crippen LogP contribution in [0.3, 0.4) is 0 Å². The average Bonchev–Trinajstić information content (AvgIpc) is 3.35. The number of ketones is 1. The highest BCUT2D eigenvalue weighted by atomic mass is 32.2. The molecule has 3 heterocycles. The molecular formula is C25H32N4O6S. The van der Waals surface area contributed by atoms with Crippen molar-refractivity contribution in [2.45, 2.75) is 68.5 Å². The predicted molar refractivity (Wildman–Crippen MR) is 130 cm³/mol. The van der Waals surface area contributed by atoms with Gasteiger partial charge in [-0.25, -0.2) is 9.29 Å². The van der Waals surface area contributed by atoms with Crippen molar-refractivity contribution in [1.82, 2.24) is 19.9 Å². The van der Waals surface area contributed by atoms with Crippen LogP contribution in [-0.4, -0.2) is 60.5 Å². The molecule has 1 aliphatic heterocycles. The van der Waals surface area contributed by atoms with Crippen molar-refractivity contribution in [2.75, 3.05) is 13.1 Å². The molecule has 1 unspecified atom stereocenters. The van der Waals surface area contributed by atoms with E-state index in [1.54, 1.807) is 6.07 Å². The maximum atomic E-state index is 14.1. The standard InChI is InChI=1S/C25H32N4O6S/c30-22-16-26-12-6-9-21(22)29(36(33,34)23-10-4-5-13-27-23)25(32)20(15-18-7-2-1-3-8-18)28-24(31)19-11-14-35-17-19/h4-5,10-11,13-14,17-18,20-21,26H,1-3,6-9,12,15-16H2,(H,28,31)/t20?,21-/m0/s1. The minimum Gasteiger partial charge on any atom is -0.472 e. The van der Waals surface area contributed by atoms with E-state index in [4.69, 9.17) is 4.42 Å². The number of hydrogen-bond acceptors (Lipinski definition) is 8. The fourth-order valence-corrected chi connectivity index (χ4v) is 6.53. The number of nitrogens with zero attached hydrogens (tertiary/aromatic N) is 2. The van der Waals surface area contributed by atoms with Crippen molar-refractivity contribution in [1.29, 1.82) is 0 Å². The molecule has 2 aliphatic rings. The zero-order chi connectivity index (χ0) is 25.5. The molecule has 1 aliphatic carbocycles. The minimum atomic E-state index is -4.47. The van der Waals surface area contributed by atoms with Crippen LogP contribution in [0.2, 0.25) is 0 Å². The molecule has 2 fully saturated rings. The molecule has 1 saturated heterocycles. The monoisotopic (exact) mass is 516 g/mol. The number of carbonyl (C=O) groups excluding carboxylic acids is 3. The molecule has 1 saturated carbocycles. The molecule has 11 heteroatoms. The Morgan fingerprint density at radius 3 is 2.64 bits per heavy atom. The Hall–Kier alpha value is -3.05. The van der Waals surface area contributed by atoms with Gasteiger partial charge in [0.2, 0.25) is 0 Å². The summed E-state index contributed by atoms with van der Waals surface area (Å²) < 4.78 is 33.3. The number of rotatable bonds is 8. The van der Waals surface area contributed by atoms with Gasteiger partial charge in [-0.05, 0) is 49.9 Å². The Balaban J connectivity index is 1.72. The number of pyridine rings is 1. The van der Waals surface area contributed by atoms with E-state index in [9.17, 15) is 22.8 Å². The average molecular weight is 517 g/mol. The first-order valence-corrected chi connectivity index (χ1v) is 13.9. The summed E-state index contributed by atoms with van der Waals surface area (Å²) in [4.78, 5) is 44.0.